The molecule has 184 valence electrons. The van der Waals surface area contributed by atoms with Gasteiger partial charge in [0, 0.05) is 11.6 Å². The first-order chi connectivity index (χ1) is 17.0. The number of rotatable bonds is 7. The third kappa shape index (κ3) is 4.35. The molecule has 2 amide bonds. The van der Waals surface area contributed by atoms with Gasteiger partial charge in [-0.05, 0) is 57.0 Å². The standard InChI is InChI=1S/C28H33N3O4/c1-3-34-24-13-8-7-10-20(24)18-31-26(32)23-16-15-22(25-14-9-17-35-25)30(23)19-28(31,2)27(33)29-21-11-5-4-6-12-21/h7-10,13-17,21H,3-6,11-12,18-19H2,1-2H3,(H,29,33)/t28-/m0/s1. The number of carbonyl (C=O) groups is 2. The van der Waals surface area contributed by atoms with Crippen LogP contribution in [-0.2, 0) is 17.9 Å². The van der Waals surface area contributed by atoms with Crippen LogP contribution in [0.3, 0.4) is 0 Å². The Morgan fingerprint density at radius 3 is 2.60 bits per heavy atom. The van der Waals surface area contributed by atoms with E-state index in [1.165, 1.54) is 6.42 Å². The summed E-state index contributed by atoms with van der Waals surface area (Å²) >= 11 is 0. The predicted molar refractivity (Wildman–Crippen MR) is 133 cm³/mol. The van der Waals surface area contributed by atoms with E-state index in [1.807, 2.05) is 66.9 Å². The van der Waals surface area contributed by atoms with Crippen LogP contribution in [0.2, 0.25) is 0 Å². The average molecular weight is 476 g/mol. The highest BCUT2D eigenvalue weighted by molar-refractivity contribution is 6.00. The zero-order valence-electron chi connectivity index (χ0n) is 20.5. The molecule has 7 nitrogen and oxygen atoms in total. The summed E-state index contributed by atoms with van der Waals surface area (Å²) in [5, 5.41) is 3.28. The van der Waals surface area contributed by atoms with Crippen molar-refractivity contribution in [2.24, 2.45) is 0 Å². The molecule has 5 rings (SSSR count). The van der Waals surface area contributed by atoms with E-state index in [0.717, 1.165) is 42.7 Å². The van der Waals surface area contributed by atoms with E-state index >= 15 is 0 Å². The fourth-order valence-electron chi connectivity index (χ4n) is 5.35. The van der Waals surface area contributed by atoms with Crippen LogP contribution < -0.4 is 10.1 Å². The monoisotopic (exact) mass is 475 g/mol. The predicted octanol–water partition coefficient (Wildman–Crippen LogP) is 5.01. The zero-order chi connectivity index (χ0) is 24.4. The smallest absolute Gasteiger partial charge is 0.271 e. The van der Waals surface area contributed by atoms with Crippen molar-refractivity contribution in [3.8, 4) is 17.2 Å². The Hall–Kier alpha value is -3.48. The molecule has 2 aromatic heterocycles. The number of hydrogen-bond acceptors (Lipinski definition) is 4. The Kier molecular flexibility index (Phi) is 6.41. The van der Waals surface area contributed by atoms with Crippen molar-refractivity contribution in [1.82, 2.24) is 14.8 Å². The van der Waals surface area contributed by atoms with Crippen molar-refractivity contribution in [3.05, 3.63) is 66.1 Å². The van der Waals surface area contributed by atoms with Crippen molar-refractivity contribution in [3.63, 3.8) is 0 Å². The minimum atomic E-state index is -1.08. The van der Waals surface area contributed by atoms with E-state index in [9.17, 15) is 9.59 Å². The number of hydrogen-bond donors (Lipinski definition) is 1. The van der Waals surface area contributed by atoms with Crippen molar-refractivity contribution in [1.29, 1.82) is 0 Å². The molecular weight excluding hydrogens is 442 g/mol. The van der Waals surface area contributed by atoms with E-state index < -0.39 is 5.54 Å². The molecule has 0 radical (unpaired) electrons. The van der Waals surface area contributed by atoms with Gasteiger partial charge < -0.3 is 23.9 Å². The molecule has 0 spiro atoms. The number of carbonyl (C=O) groups excluding carboxylic acids is 2. The summed E-state index contributed by atoms with van der Waals surface area (Å²) in [5.41, 5.74) is 1.14. The molecule has 0 bridgehead atoms. The van der Waals surface area contributed by atoms with E-state index in [2.05, 4.69) is 5.32 Å². The highest BCUT2D eigenvalue weighted by atomic mass is 16.5. The van der Waals surface area contributed by atoms with Crippen molar-refractivity contribution in [2.75, 3.05) is 6.61 Å². The number of aromatic nitrogens is 1. The van der Waals surface area contributed by atoms with E-state index in [-0.39, 0.29) is 24.4 Å². The summed E-state index contributed by atoms with van der Waals surface area (Å²) in [4.78, 5) is 29.6. The molecule has 1 saturated carbocycles. The molecule has 1 aromatic carbocycles. The molecule has 0 saturated heterocycles. The molecule has 1 aliphatic carbocycles. The summed E-state index contributed by atoms with van der Waals surface area (Å²) in [6.07, 6.45) is 7.03. The third-order valence-electron chi connectivity index (χ3n) is 7.31. The molecule has 7 heteroatoms. The maximum atomic E-state index is 13.9. The Labute approximate surface area is 206 Å². The first-order valence-corrected chi connectivity index (χ1v) is 12.6. The first kappa shape index (κ1) is 23.3. The van der Waals surface area contributed by atoms with Gasteiger partial charge in [0.15, 0.2) is 0 Å². The van der Waals surface area contributed by atoms with Crippen molar-refractivity contribution < 1.29 is 18.7 Å². The van der Waals surface area contributed by atoms with Gasteiger partial charge in [0.1, 0.15) is 22.7 Å². The van der Waals surface area contributed by atoms with Gasteiger partial charge in [-0.15, -0.1) is 0 Å². The number of nitrogens with zero attached hydrogens (tertiary/aromatic N) is 2. The van der Waals surface area contributed by atoms with Crippen LogP contribution in [0.15, 0.2) is 59.2 Å². The molecule has 3 heterocycles. The van der Waals surface area contributed by atoms with Crippen LogP contribution in [0.25, 0.3) is 11.5 Å². The second-order valence-corrected chi connectivity index (χ2v) is 9.68. The van der Waals surface area contributed by atoms with Crippen LogP contribution in [-0.4, -0.2) is 39.5 Å². The summed E-state index contributed by atoms with van der Waals surface area (Å²) < 4.78 is 13.4. The molecule has 1 aliphatic heterocycles. The summed E-state index contributed by atoms with van der Waals surface area (Å²) in [5.74, 6) is 1.11. The number of para-hydroxylation sites is 1. The molecule has 0 unspecified atom stereocenters. The van der Waals surface area contributed by atoms with E-state index in [0.29, 0.717) is 24.6 Å². The minimum Gasteiger partial charge on any atom is -0.494 e. The van der Waals surface area contributed by atoms with E-state index in [4.69, 9.17) is 9.15 Å². The maximum absolute atomic E-state index is 13.9. The number of ether oxygens (including phenoxy) is 1. The molecule has 1 N–H and O–H groups in total. The van der Waals surface area contributed by atoms with Crippen LogP contribution in [0, 0.1) is 0 Å². The lowest BCUT2D eigenvalue weighted by Crippen LogP contribution is -2.64. The Morgan fingerprint density at radius 1 is 1.09 bits per heavy atom. The summed E-state index contributed by atoms with van der Waals surface area (Å²) in [6, 6.07) is 15.3. The van der Waals surface area contributed by atoms with Gasteiger partial charge in [0.05, 0.1) is 31.7 Å². The van der Waals surface area contributed by atoms with Gasteiger partial charge in [0.2, 0.25) is 5.91 Å². The van der Waals surface area contributed by atoms with Crippen LogP contribution in [0.1, 0.15) is 62.0 Å². The van der Waals surface area contributed by atoms with Crippen LogP contribution >= 0.6 is 0 Å². The largest absolute Gasteiger partial charge is 0.494 e. The topological polar surface area (TPSA) is 76.7 Å². The van der Waals surface area contributed by atoms with Gasteiger partial charge >= 0.3 is 0 Å². The van der Waals surface area contributed by atoms with Crippen LogP contribution in [0.5, 0.6) is 5.75 Å². The molecule has 35 heavy (non-hydrogen) atoms. The normalized spacial score (nSPS) is 20.5. The fourth-order valence-corrected chi connectivity index (χ4v) is 5.35. The van der Waals surface area contributed by atoms with Gasteiger partial charge in [-0.3, -0.25) is 9.59 Å². The molecule has 2 aliphatic rings. The quantitative estimate of drug-likeness (QED) is 0.521. The number of fused-ring (bicyclic) bond motifs is 1. The molecule has 1 fully saturated rings. The van der Waals surface area contributed by atoms with Gasteiger partial charge in [-0.1, -0.05) is 37.5 Å². The zero-order valence-corrected chi connectivity index (χ0v) is 20.5. The highest BCUT2D eigenvalue weighted by Gasteiger charge is 2.48. The first-order valence-electron chi connectivity index (χ1n) is 12.6. The molecule has 1 atom stereocenters. The minimum absolute atomic E-state index is 0.114. The lowest BCUT2D eigenvalue weighted by Gasteiger charge is -2.45. The average Bonchev–Trinajstić information content (AvgIpc) is 3.53. The van der Waals surface area contributed by atoms with Crippen LogP contribution in [0.4, 0.5) is 0 Å². The van der Waals surface area contributed by atoms with Gasteiger partial charge in [-0.2, -0.15) is 0 Å². The van der Waals surface area contributed by atoms with Gasteiger partial charge in [0.25, 0.3) is 5.91 Å². The van der Waals surface area contributed by atoms with Crippen molar-refractivity contribution >= 4 is 11.8 Å². The number of benzene rings is 1. The van der Waals surface area contributed by atoms with E-state index in [1.54, 1.807) is 11.2 Å². The molecular formula is C28H33N3O4. The summed E-state index contributed by atoms with van der Waals surface area (Å²) in [7, 11) is 0. The SMILES string of the molecule is CCOc1ccccc1CN1C(=O)c2ccc(-c3ccco3)n2C[C@@]1(C)C(=O)NC1CCCCC1. The van der Waals surface area contributed by atoms with Gasteiger partial charge in [-0.25, -0.2) is 0 Å². The Bertz CT molecular complexity index is 1190. The second kappa shape index (κ2) is 9.64. The van der Waals surface area contributed by atoms with Crippen molar-refractivity contribution in [2.45, 2.75) is 70.6 Å². The second-order valence-electron chi connectivity index (χ2n) is 9.68. The fraction of sp³-hybridized carbons (Fsp3) is 0.429. The number of amides is 2. The Morgan fingerprint density at radius 2 is 1.86 bits per heavy atom. The third-order valence-corrected chi connectivity index (χ3v) is 7.31. The maximum Gasteiger partial charge on any atom is 0.271 e. The molecule has 3 aromatic rings. The number of furan rings is 1. The number of nitrogens with one attached hydrogen (secondary N) is 1. The summed E-state index contributed by atoms with van der Waals surface area (Å²) in [6.45, 7) is 4.96. The highest BCUT2D eigenvalue weighted by Crippen LogP contribution is 2.35. The lowest BCUT2D eigenvalue weighted by atomic mass is 9.91. The lowest BCUT2D eigenvalue weighted by molar-refractivity contribution is -0.134. The Balaban J connectivity index is 1.54.